The van der Waals surface area contributed by atoms with Crippen molar-refractivity contribution in [1.82, 2.24) is 0 Å². The van der Waals surface area contributed by atoms with Crippen molar-refractivity contribution in [3.8, 4) is 16.9 Å². The van der Waals surface area contributed by atoms with Gasteiger partial charge in [-0.25, -0.2) is 8.78 Å². The zero-order chi connectivity index (χ0) is 26.3. The molecule has 2 saturated carbocycles. The van der Waals surface area contributed by atoms with Gasteiger partial charge in [-0.15, -0.1) is 0 Å². The van der Waals surface area contributed by atoms with Crippen LogP contribution >= 0.6 is 0 Å². The maximum atomic E-state index is 14.8. The van der Waals surface area contributed by atoms with Gasteiger partial charge in [0.1, 0.15) is 6.61 Å². The molecule has 2 aliphatic carbocycles. The van der Waals surface area contributed by atoms with E-state index in [4.69, 9.17) is 4.74 Å². The summed E-state index contributed by atoms with van der Waals surface area (Å²) < 4.78 is 35.1. The minimum Gasteiger partial charge on any atom is -0.483 e. The molecule has 0 spiro atoms. The van der Waals surface area contributed by atoms with Crippen LogP contribution in [0.15, 0.2) is 66.7 Å². The summed E-state index contributed by atoms with van der Waals surface area (Å²) in [7, 11) is 0. The average molecular weight is 517 g/mol. The average Bonchev–Trinajstić information content (AvgIpc) is 2.95. The van der Waals surface area contributed by atoms with Gasteiger partial charge < -0.3 is 4.74 Å². The second kappa shape index (κ2) is 12.9. The first-order valence-corrected chi connectivity index (χ1v) is 14.9. The zero-order valence-electron chi connectivity index (χ0n) is 22.8. The van der Waals surface area contributed by atoms with Crippen LogP contribution in [-0.2, 0) is 6.61 Å². The third-order valence-electron chi connectivity index (χ3n) is 9.13. The van der Waals surface area contributed by atoms with E-state index in [0.717, 1.165) is 28.9 Å². The van der Waals surface area contributed by atoms with Crippen molar-refractivity contribution in [3.63, 3.8) is 0 Å². The van der Waals surface area contributed by atoms with E-state index < -0.39 is 11.6 Å². The lowest BCUT2D eigenvalue weighted by Crippen LogP contribution is -2.30. The molecule has 0 radical (unpaired) electrons. The fourth-order valence-electron chi connectivity index (χ4n) is 6.95. The zero-order valence-corrected chi connectivity index (χ0v) is 22.8. The van der Waals surface area contributed by atoms with Crippen LogP contribution in [0, 0.1) is 29.4 Å². The van der Waals surface area contributed by atoms with Gasteiger partial charge >= 0.3 is 0 Å². The molecule has 4 unspecified atom stereocenters. The number of hydrogen-bond acceptors (Lipinski definition) is 1. The summed E-state index contributed by atoms with van der Waals surface area (Å²) >= 11 is 0. The molecule has 0 aliphatic heterocycles. The molecule has 4 atom stereocenters. The Morgan fingerprint density at radius 1 is 0.737 bits per heavy atom. The lowest BCUT2D eigenvalue weighted by molar-refractivity contribution is 0.113. The number of benzene rings is 3. The van der Waals surface area contributed by atoms with Gasteiger partial charge in [-0.3, -0.25) is 0 Å². The van der Waals surface area contributed by atoms with Crippen molar-refractivity contribution in [2.24, 2.45) is 17.8 Å². The Morgan fingerprint density at radius 3 is 2.18 bits per heavy atom. The topological polar surface area (TPSA) is 9.23 Å². The van der Waals surface area contributed by atoms with E-state index >= 15 is 0 Å². The van der Waals surface area contributed by atoms with Crippen molar-refractivity contribution in [2.45, 2.75) is 90.1 Å². The van der Waals surface area contributed by atoms with Crippen LogP contribution in [0.3, 0.4) is 0 Å². The Hall–Kier alpha value is -2.68. The van der Waals surface area contributed by atoms with Crippen molar-refractivity contribution in [2.75, 3.05) is 0 Å². The summed E-state index contributed by atoms with van der Waals surface area (Å²) in [5.41, 5.74) is 3.62. The Labute approximate surface area is 227 Å². The standard InChI is InChI=1S/C35H42F2O/c1-2-3-4-6-9-25-12-13-31-21-30(19-18-29(31)20-25)27-14-16-28(17-15-27)32-22-33(36)35(34(37)23-32)38-24-26-10-7-5-8-11-26/h5,7-8,10-11,14-17,22-23,25,29-31H,2-4,6,9,12-13,18-21,24H2,1H3. The van der Waals surface area contributed by atoms with Crippen LogP contribution in [-0.4, -0.2) is 0 Å². The smallest absolute Gasteiger partial charge is 0.191 e. The van der Waals surface area contributed by atoms with E-state index in [1.54, 1.807) is 0 Å². The molecule has 2 fully saturated rings. The normalized spacial score (nSPS) is 23.1. The number of unbranched alkanes of at least 4 members (excludes halogenated alkanes) is 3. The molecule has 3 heteroatoms. The van der Waals surface area contributed by atoms with Crippen molar-refractivity contribution in [1.29, 1.82) is 0 Å². The van der Waals surface area contributed by atoms with Crippen molar-refractivity contribution < 1.29 is 13.5 Å². The van der Waals surface area contributed by atoms with E-state index in [1.807, 2.05) is 42.5 Å². The first-order chi connectivity index (χ1) is 18.6. The number of fused-ring (bicyclic) bond motifs is 1. The maximum Gasteiger partial charge on any atom is 0.191 e. The van der Waals surface area contributed by atoms with E-state index in [2.05, 4.69) is 19.1 Å². The largest absolute Gasteiger partial charge is 0.483 e. The monoisotopic (exact) mass is 516 g/mol. The summed E-state index contributed by atoms with van der Waals surface area (Å²) in [6, 6.07) is 20.6. The summed E-state index contributed by atoms with van der Waals surface area (Å²) in [5, 5.41) is 0. The summed E-state index contributed by atoms with van der Waals surface area (Å²) in [6.45, 7) is 2.42. The second-order valence-electron chi connectivity index (χ2n) is 11.7. The van der Waals surface area contributed by atoms with Gasteiger partial charge in [0.05, 0.1) is 0 Å². The van der Waals surface area contributed by atoms with E-state index in [9.17, 15) is 8.78 Å². The molecular weight excluding hydrogens is 474 g/mol. The Bertz CT molecular complexity index is 1130. The molecule has 0 bridgehead atoms. The van der Waals surface area contributed by atoms with Gasteiger partial charge in [-0.2, -0.15) is 0 Å². The quantitative estimate of drug-likeness (QED) is 0.244. The van der Waals surface area contributed by atoms with Gasteiger partial charge in [0.2, 0.25) is 0 Å². The van der Waals surface area contributed by atoms with Crippen LogP contribution in [0.2, 0.25) is 0 Å². The van der Waals surface area contributed by atoms with Gasteiger partial charge in [-0.1, -0.05) is 100 Å². The predicted octanol–water partition coefficient (Wildman–Crippen LogP) is 10.5. The van der Waals surface area contributed by atoms with Gasteiger partial charge in [0, 0.05) is 0 Å². The molecule has 0 saturated heterocycles. The van der Waals surface area contributed by atoms with E-state index in [1.165, 1.54) is 88.3 Å². The minimum atomic E-state index is -0.667. The highest BCUT2D eigenvalue weighted by molar-refractivity contribution is 5.65. The van der Waals surface area contributed by atoms with E-state index in [-0.39, 0.29) is 12.4 Å². The second-order valence-corrected chi connectivity index (χ2v) is 11.7. The molecule has 5 rings (SSSR count). The number of ether oxygens (including phenoxy) is 1. The summed E-state index contributed by atoms with van der Waals surface area (Å²) in [6.07, 6.45) is 15.1. The molecule has 3 aromatic rings. The molecule has 1 nitrogen and oxygen atoms in total. The van der Waals surface area contributed by atoms with Gasteiger partial charge in [0.15, 0.2) is 17.4 Å². The van der Waals surface area contributed by atoms with Crippen LogP contribution in [0.1, 0.15) is 94.6 Å². The fourth-order valence-corrected chi connectivity index (χ4v) is 6.95. The fraction of sp³-hybridized carbons (Fsp3) is 0.486. The van der Waals surface area contributed by atoms with Crippen LogP contribution < -0.4 is 4.74 Å². The van der Waals surface area contributed by atoms with E-state index in [0.29, 0.717) is 11.5 Å². The lowest BCUT2D eigenvalue weighted by atomic mass is 9.63. The predicted molar refractivity (Wildman–Crippen MR) is 152 cm³/mol. The minimum absolute atomic E-state index is 0.131. The maximum absolute atomic E-state index is 14.8. The van der Waals surface area contributed by atoms with Crippen LogP contribution in [0.4, 0.5) is 8.78 Å². The highest BCUT2D eigenvalue weighted by Gasteiger charge is 2.35. The van der Waals surface area contributed by atoms with Crippen LogP contribution in [0.25, 0.3) is 11.1 Å². The first-order valence-electron chi connectivity index (χ1n) is 14.9. The number of rotatable bonds is 10. The Balaban J connectivity index is 1.17. The molecule has 0 heterocycles. The lowest BCUT2D eigenvalue weighted by Gasteiger charge is -2.42. The van der Waals surface area contributed by atoms with Crippen molar-refractivity contribution >= 4 is 0 Å². The number of halogens is 2. The summed E-state index contributed by atoms with van der Waals surface area (Å²) in [4.78, 5) is 0. The van der Waals surface area contributed by atoms with Crippen molar-refractivity contribution in [3.05, 3.63) is 89.5 Å². The third-order valence-corrected chi connectivity index (χ3v) is 9.13. The van der Waals surface area contributed by atoms with Crippen LogP contribution in [0.5, 0.6) is 5.75 Å². The van der Waals surface area contributed by atoms with Gasteiger partial charge in [-0.05, 0) is 90.2 Å². The molecule has 0 amide bonds. The molecule has 0 aromatic heterocycles. The molecule has 3 aromatic carbocycles. The first kappa shape index (κ1) is 26.9. The molecule has 202 valence electrons. The molecule has 38 heavy (non-hydrogen) atoms. The Morgan fingerprint density at radius 2 is 1.45 bits per heavy atom. The Kier molecular flexibility index (Phi) is 9.14. The third kappa shape index (κ3) is 6.65. The molecule has 0 N–H and O–H groups in total. The molecule has 2 aliphatic rings. The van der Waals surface area contributed by atoms with Gasteiger partial charge in [0.25, 0.3) is 0 Å². The highest BCUT2D eigenvalue weighted by atomic mass is 19.1. The highest BCUT2D eigenvalue weighted by Crippen LogP contribution is 2.48. The summed E-state index contributed by atoms with van der Waals surface area (Å²) in [5.74, 6) is 1.70. The SMILES string of the molecule is CCCCCCC1CCC2CC(c3ccc(-c4cc(F)c(OCc5ccccc5)c(F)c4)cc3)CCC2C1. The molecular formula is C35H42F2O. The number of hydrogen-bond donors (Lipinski definition) is 0.